The van der Waals surface area contributed by atoms with Crippen molar-refractivity contribution in [2.45, 2.75) is 25.7 Å². The minimum Gasteiger partial charge on any atom is -0.478 e. The highest BCUT2D eigenvalue weighted by Gasteiger charge is 2.20. The molecular formula is C12H17N3O2. The van der Waals surface area contributed by atoms with Crippen LogP contribution in [0.3, 0.4) is 0 Å². The van der Waals surface area contributed by atoms with E-state index in [0.29, 0.717) is 11.5 Å². The first-order chi connectivity index (χ1) is 8.16. The standard InChI is InChI=1S/C12H17N3O2/c13-10-6-9(12(16)17)7-15-11(10)14-5-1-2-8-3-4-8/h6-8H,1-5,13H2,(H,14,15)(H,16,17). The van der Waals surface area contributed by atoms with Crippen LogP contribution >= 0.6 is 0 Å². The van der Waals surface area contributed by atoms with Crippen LogP contribution in [0.2, 0.25) is 0 Å². The van der Waals surface area contributed by atoms with Gasteiger partial charge in [-0.05, 0) is 24.8 Å². The quantitative estimate of drug-likeness (QED) is 0.656. The number of hydrogen-bond donors (Lipinski definition) is 3. The lowest BCUT2D eigenvalue weighted by molar-refractivity contribution is 0.0696. The van der Waals surface area contributed by atoms with Gasteiger partial charge in [-0.1, -0.05) is 12.8 Å². The lowest BCUT2D eigenvalue weighted by Gasteiger charge is -2.08. The van der Waals surface area contributed by atoms with Gasteiger partial charge in [-0.3, -0.25) is 0 Å². The van der Waals surface area contributed by atoms with Crippen molar-refractivity contribution >= 4 is 17.5 Å². The highest BCUT2D eigenvalue weighted by molar-refractivity contribution is 5.89. The summed E-state index contributed by atoms with van der Waals surface area (Å²) in [6.45, 7) is 0.833. The molecule has 1 aromatic rings. The second-order valence-corrected chi connectivity index (χ2v) is 4.48. The zero-order chi connectivity index (χ0) is 12.3. The van der Waals surface area contributed by atoms with Crippen molar-refractivity contribution in [3.05, 3.63) is 17.8 Å². The van der Waals surface area contributed by atoms with E-state index in [2.05, 4.69) is 10.3 Å². The molecular weight excluding hydrogens is 218 g/mol. The molecule has 1 fully saturated rings. The lowest BCUT2D eigenvalue weighted by atomic mass is 10.2. The van der Waals surface area contributed by atoms with Gasteiger partial charge in [0.15, 0.2) is 0 Å². The van der Waals surface area contributed by atoms with E-state index in [4.69, 9.17) is 10.8 Å². The van der Waals surface area contributed by atoms with Crippen LogP contribution in [0.25, 0.3) is 0 Å². The highest BCUT2D eigenvalue weighted by Crippen LogP contribution is 2.33. The van der Waals surface area contributed by atoms with Crippen LogP contribution in [0, 0.1) is 5.92 Å². The number of carbonyl (C=O) groups is 1. The van der Waals surface area contributed by atoms with Crippen LogP contribution in [0.1, 0.15) is 36.0 Å². The molecule has 0 atom stereocenters. The van der Waals surface area contributed by atoms with Gasteiger partial charge in [-0.25, -0.2) is 9.78 Å². The van der Waals surface area contributed by atoms with E-state index in [1.165, 1.54) is 31.5 Å². The van der Waals surface area contributed by atoms with Crippen molar-refractivity contribution in [2.75, 3.05) is 17.6 Å². The van der Waals surface area contributed by atoms with Crippen molar-refractivity contribution in [2.24, 2.45) is 5.92 Å². The average Bonchev–Trinajstić information content (AvgIpc) is 3.09. The molecule has 0 bridgehead atoms. The summed E-state index contributed by atoms with van der Waals surface area (Å²) in [4.78, 5) is 14.7. The number of hydrogen-bond acceptors (Lipinski definition) is 4. The first-order valence-electron chi connectivity index (χ1n) is 5.89. The van der Waals surface area contributed by atoms with E-state index in [1.807, 2.05) is 0 Å². The molecule has 0 radical (unpaired) electrons. The van der Waals surface area contributed by atoms with E-state index < -0.39 is 5.97 Å². The number of carboxylic acids is 1. The maximum absolute atomic E-state index is 10.7. The van der Waals surface area contributed by atoms with Crippen molar-refractivity contribution in [1.82, 2.24) is 4.98 Å². The number of anilines is 2. The van der Waals surface area contributed by atoms with Gasteiger partial charge in [0.2, 0.25) is 0 Å². The molecule has 1 aliphatic carbocycles. The number of pyridine rings is 1. The van der Waals surface area contributed by atoms with Gasteiger partial charge in [-0.2, -0.15) is 0 Å². The van der Waals surface area contributed by atoms with Gasteiger partial charge in [0.25, 0.3) is 0 Å². The maximum atomic E-state index is 10.7. The van der Waals surface area contributed by atoms with Gasteiger partial charge in [0, 0.05) is 12.7 Å². The molecule has 0 saturated heterocycles. The van der Waals surface area contributed by atoms with Crippen molar-refractivity contribution in [1.29, 1.82) is 0 Å². The smallest absolute Gasteiger partial charge is 0.337 e. The molecule has 1 aromatic heterocycles. The molecule has 0 spiro atoms. The largest absolute Gasteiger partial charge is 0.478 e. The lowest BCUT2D eigenvalue weighted by Crippen LogP contribution is -2.08. The predicted octanol–water partition coefficient (Wildman–Crippen LogP) is 1.96. The molecule has 4 N–H and O–H groups in total. The summed E-state index contributed by atoms with van der Waals surface area (Å²) in [5.41, 5.74) is 6.23. The topological polar surface area (TPSA) is 88.2 Å². The van der Waals surface area contributed by atoms with Crippen LogP contribution in [0.5, 0.6) is 0 Å². The molecule has 0 unspecified atom stereocenters. The Morgan fingerprint density at radius 3 is 2.94 bits per heavy atom. The maximum Gasteiger partial charge on any atom is 0.337 e. The molecule has 0 amide bonds. The van der Waals surface area contributed by atoms with Crippen LogP contribution in [0.15, 0.2) is 12.3 Å². The van der Waals surface area contributed by atoms with Crippen LogP contribution < -0.4 is 11.1 Å². The van der Waals surface area contributed by atoms with E-state index in [0.717, 1.165) is 18.9 Å². The Morgan fingerprint density at radius 2 is 2.35 bits per heavy atom. The number of nitrogen functional groups attached to an aromatic ring is 1. The Bertz CT molecular complexity index is 416. The molecule has 1 aliphatic rings. The summed E-state index contributed by atoms with van der Waals surface area (Å²) in [5.74, 6) is 0.492. The summed E-state index contributed by atoms with van der Waals surface area (Å²) in [6.07, 6.45) is 6.41. The summed E-state index contributed by atoms with van der Waals surface area (Å²) >= 11 is 0. The minimum atomic E-state index is -1.01. The Labute approximate surface area is 100 Å². The molecule has 5 heteroatoms. The summed E-state index contributed by atoms with van der Waals surface area (Å²) < 4.78 is 0. The monoisotopic (exact) mass is 235 g/mol. The van der Waals surface area contributed by atoms with Crippen molar-refractivity contribution in [3.63, 3.8) is 0 Å². The zero-order valence-corrected chi connectivity index (χ0v) is 9.65. The Balaban J connectivity index is 1.84. The number of aromatic nitrogens is 1. The van der Waals surface area contributed by atoms with Gasteiger partial charge in [0.05, 0.1) is 11.3 Å². The van der Waals surface area contributed by atoms with Crippen molar-refractivity contribution < 1.29 is 9.90 Å². The second-order valence-electron chi connectivity index (χ2n) is 4.48. The molecule has 2 rings (SSSR count). The average molecular weight is 235 g/mol. The number of rotatable bonds is 6. The summed E-state index contributed by atoms with van der Waals surface area (Å²) in [7, 11) is 0. The number of nitrogens with one attached hydrogen (secondary N) is 1. The molecule has 0 aromatic carbocycles. The third-order valence-electron chi connectivity index (χ3n) is 2.94. The van der Waals surface area contributed by atoms with E-state index in [9.17, 15) is 4.79 Å². The first-order valence-corrected chi connectivity index (χ1v) is 5.89. The Hall–Kier alpha value is -1.78. The zero-order valence-electron chi connectivity index (χ0n) is 9.65. The normalized spacial score (nSPS) is 14.6. The van der Waals surface area contributed by atoms with Gasteiger partial charge >= 0.3 is 5.97 Å². The molecule has 5 nitrogen and oxygen atoms in total. The molecule has 0 aliphatic heterocycles. The Kier molecular flexibility index (Phi) is 3.46. The second kappa shape index (κ2) is 5.03. The fourth-order valence-electron chi connectivity index (χ4n) is 1.75. The fraction of sp³-hybridized carbons (Fsp3) is 0.500. The van der Waals surface area contributed by atoms with Crippen LogP contribution in [0.4, 0.5) is 11.5 Å². The van der Waals surface area contributed by atoms with E-state index >= 15 is 0 Å². The SMILES string of the molecule is Nc1cc(C(=O)O)cnc1NCCCC1CC1. The number of nitrogens with zero attached hydrogens (tertiary/aromatic N) is 1. The van der Waals surface area contributed by atoms with Crippen LogP contribution in [-0.2, 0) is 0 Å². The van der Waals surface area contributed by atoms with E-state index in [-0.39, 0.29) is 5.56 Å². The molecule has 1 saturated carbocycles. The highest BCUT2D eigenvalue weighted by atomic mass is 16.4. The first kappa shape index (κ1) is 11.7. The summed E-state index contributed by atoms with van der Waals surface area (Å²) in [5, 5.41) is 11.9. The third kappa shape index (κ3) is 3.34. The van der Waals surface area contributed by atoms with Gasteiger partial charge < -0.3 is 16.2 Å². The Morgan fingerprint density at radius 1 is 1.59 bits per heavy atom. The third-order valence-corrected chi connectivity index (χ3v) is 2.94. The van der Waals surface area contributed by atoms with Crippen LogP contribution in [-0.4, -0.2) is 22.6 Å². The molecule has 1 heterocycles. The summed E-state index contributed by atoms with van der Waals surface area (Å²) in [6, 6.07) is 1.43. The van der Waals surface area contributed by atoms with Gasteiger partial charge in [-0.15, -0.1) is 0 Å². The molecule has 92 valence electrons. The molecule has 17 heavy (non-hydrogen) atoms. The number of nitrogens with two attached hydrogens (primary N) is 1. The van der Waals surface area contributed by atoms with Crippen molar-refractivity contribution in [3.8, 4) is 0 Å². The fourth-order valence-corrected chi connectivity index (χ4v) is 1.75. The predicted molar refractivity (Wildman–Crippen MR) is 66.1 cm³/mol. The van der Waals surface area contributed by atoms with Gasteiger partial charge in [0.1, 0.15) is 5.82 Å². The minimum absolute atomic E-state index is 0.117. The van der Waals surface area contributed by atoms with E-state index in [1.54, 1.807) is 0 Å². The number of carboxylic acid groups (broad SMARTS) is 1. The number of aromatic carboxylic acids is 1.